The van der Waals surface area contributed by atoms with Gasteiger partial charge in [-0.25, -0.2) is 0 Å². The zero-order valence-corrected chi connectivity index (χ0v) is 9.76. The van der Waals surface area contributed by atoms with Crippen LogP contribution in [-0.2, 0) is 19.3 Å². The second kappa shape index (κ2) is 4.21. The Kier molecular flexibility index (Phi) is 2.56. The van der Waals surface area contributed by atoms with Gasteiger partial charge < -0.3 is 5.73 Å². The molecule has 2 aromatic rings. The van der Waals surface area contributed by atoms with Gasteiger partial charge in [-0.05, 0) is 48.4 Å². The number of hydrogen-bond acceptors (Lipinski definition) is 2. The van der Waals surface area contributed by atoms with Crippen LogP contribution in [0, 0.1) is 5.92 Å². The van der Waals surface area contributed by atoms with Crippen LogP contribution in [0.15, 0.2) is 42.6 Å². The largest absolute Gasteiger partial charge is 0.397 e. The van der Waals surface area contributed by atoms with Crippen molar-refractivity contribution >= 4 is 5.69 Å². The van der Waals surface area contributed by atoms with E-state index >= 15 is 0 Å². The first-order valence-corrected chi connectivity index (χ1v) is 6.08. The number of fused-ring (bicyclic) bond motifs is 1. The number of aromatic nitrogens is 1. The fourth-order valence-corrected chi connectivity index (χ4v) is 2.65. The average Bonchev–Trinajstić information content (AvgIpc) is 2.74. The first-order valence-electron chi connectivity index (χ1n) is 6.08. The number of hydrogen-bond donors (Lipinski definition) is 1. The summed E-state index contributed by atoms with van der Waals surface area (Å²) in [5.41, 5.74) is 10.5. The maximum absolute atomic E-state index is 5.64. The molecule has 2 N–H and O–H groups in total. The van der Waals surface area contributed by atoms with Gasteiger partial charge in [0.05, 0.1) is 11.9 Å². The van der Waals surface area contributed by atoms with Gasteiger partial charge in [0, 0.05) is 5.69 Å². The van der Waals surface area contributed by atoms with E-state index < -0.39 is 0 Å². The monoisotopic (exact) mass is 224 g/mol. The highest BCUT2D eigenvalue weighted by Gasteiger charge is 2.21. The number of anilines is 1. The number of pyridine rings is 1. The molecule has 0 aliphatic heterocycles. The highest BCUT2D eigenvalue weighted by atomic mass is 14.7. The Morgan fingerprint density at radius 1 is 1.06 bits per heavy atom. The summed E-state index contributed by atoms with van der Waals surface area (Å²) in [7, 11) is 0. The molecule has 3 rings (SSSR count). The third kappa shape index (κ3) is 2.16. The predicted molar refractivity (Wildman–Crippen MR) is 69.7 cm³/mol. The lowest BCUT2D eigenvalue weighted by atomic mass is 10.00. The van der Waals surface area contributed by atoms with Crippen molar-refractivity contribution in [3.05, 3.63) is 59.4 Å². The second-order valence-corrected chi connectivity index (χ2v) is 4.83. The van der Waals surface area contributed by atoms with Gasteiger partial charge >= 0.3 is 0 Å². The van der Waals surface area contributed by atoms with E-state index in [1.165, 1.54) is 24.0 Å². The van der Waals surface area contributed by atoms with Crippen LogP contribution in [0.3, 0.4) is 0 Å². The molecule has 86 valence electrons. The Balaban J connectivity index is 1.71. The van der Waals surface area contributed by atoms with E-state index in [-0.39, 0.29) is 0 Å². The van der Waals surface area contributed by atoms with Crippen LogP contribution in [0.1, 0.15) is 16.8 Å². The van der Waals surface area contributed by atoms with E-state index in [1.807, 2.05) is 12.1 Å². The summed E-state index contributed by atoms with van der Waals surface area (Å²) in [6.07, 6.45) is 5.16. The van der Waals surface area contributed by atoms with Crippen molar-refractivity contribution in [1.82, 2.24) is 4.98 Å². The Hall–Kier alpha value is -1.83. The zero-order chi connectivity index (χ0) is 11.7. The summed E-state index contributed by atoms with van der Waals surface area (Å²) in [6, 6.07) is 12.7. The van der Waals surface area contributed by atoms with E-state index in [0.717, 1.165) is 17.8 Å². The maximum atomic E-state index is 5.64. The topological polar surface area (TPSA) is 38.9 Å². The standard InChI is InChI=1S/C15H16N2/c16-14-5-6-15(17-10-14)9-11-7-12-3-1-2-4-13(12)8-11/h1-6,10-11H,7-9,16H2. The predicted octanol–water partition coefficient (Wildman–Crippen LogP) is 2.62. The third-order valence-electron chi connectivity index (χ3n) is 3.48. The first-order chi connectivity index (χ1) is 8.31. The molecule has 1 aliphatic rings. The highest BCUT2D eigenvalue weighted by Crippen LogP contribution is 2.28. The van der Waals surface area contributed by atoms with E-state index in [2.05, 4.69) is 29.2 Å². The fourth-order valence-electron chi connectivity index (χ4n) is 2.65. The van der Waals surface area contributed by atoms with Gasteiger partial charge in [0.2, 0.25) is 0 Å². The van der Waals surface area contributed by atoms with Gasteiger partial charge in [-0.1, -0.05) is 24.3 Å². The molecule has 1 aliphatic carbocycles. The average molecular weight is 224 g/mol. The van der Waals surface area contributed by atoms with Gasteiger partial charge in [-0.3, -0.25) is 4.98 Å². The van der Waals surface area contributed by atoms with Crippen LogP contribution in [0.4, 0.5) is 5.69 Å². The molecular weight excluding hydrogens is 208 g/mol. The molecule has 0 spiro atoms. The Bertz CT molecular complexity index is 492. The van der Waals surface area contributed by atoms with Crippen molar-refractivity contribution in [2.45, 2.75) is 19.3 Å². The van der Waals surface area contributed by atoms with Crippen molar-refractivity contribution in [2.24, 2.45) is 5.92 Å². The number of rotatable bonds is 2. The summed E-state index contributed by atoms with van der Waals surface area (Å²) in [5.74, 6) is 0.698. The number of benzene rings is 1. The van der Waals surface area contributed by atoms with Crippen molar-refractivity contribution in [3.8, 4) is 0 Å². The van der Waals surface area contributed by atoms with E-state index in [9.17, 15) is 0 Å². The van der Waals surface area contributed by atoms with Gasteiger partial charge in [0.1, 0.15) is 0 Å². The van der Waals surface area contributed by atoms with E-state index in [4.69, 9.17) is 5.73 Å². The number of nitrogen functional groups attached to an aromatic ring is 1. The second-order valence-electron chi connectivity index (χ2n) is 4.83. The van der Waals surface area contributed by atoms with Crippen molar-refractivity contribution in [3.63, 3.8) is 0 Å². The zero-order valence-electron chi connectivity index (χ0n) is 9.76. The molecule has 0 radical (unpaired) electrons. The molecule has 0 unspecified atom stereocenters. The van der Waals surface area contributed by atoms with Crippen LogP contribution in [-0.4, -0.2) is 4.98 Å². The third-order valence-corrected chi connectivity index (χ3v) is 3.48. The lowest BCUT2D eigenvalue weighted by Gasteiger charge is -2.08. The van der Waals surface area contributed by atoms with Crippen molar-refractivity contribution in [1.29, 1.82) is 0 Å². The molecule has 0 saturated carbocycles. The summed E-state index contributed by atoms with van der Waals surface area (Å²) in [4.78, 5) is 4.38. The Labute approximate surface area is 102 Å². The van der Waals surface area contributed by atoms with Gasteiger partial charge in [-0.15, -0.1) is 0 Å². The Morgan fingerprint density at radius 3 is 2.35 bits per heavy atom. The smallest absolute Gasteiger partial charge is 0.0501 e. The molecule has 1 heterocycles. The summed E-state index contributed by atoms with van der Waals surface area (Å²) >= 11 is 0. The van der Waals surface area contributed by atoms with Crippen LogP contribution in [0.5, 0.6) is 0 Å². The fraction of sp³-hybridized carbons (Fsp3) is 0.267. The molecule has 0 saturated heterocycles. The Morgan fingerprint density at radius 2 is 1.76 bits per heavy atom. The minimum absolute atomic E-state index is 0.698. The molecule has 1 aromatic carbocycles. The molecule has 17 heavy (non-hydrogen) atoms. The van der Waals surface area contributed by atoms with Gasteiger partial charge in [0.15, 0.2) is 0 Å². The normalized spacial score (nSPS) is 14.8. The number of nitrogens with zero attached hydrogens (tertiary/aromatic N) is 1. The van der Waals surface area contributed by atoms with E-state index in [0.29, 0.717) is 5.92 Å². The molecule has 0 bridgehead atoms. The quantitative estimate of drug-likeness (QED) is 0.851. The SMILES string of the molecule is Nc1ccc(CC2Cc3ccccc3C2)nc1. The molecule has 2 heteroatoms. The van der Waals surface area contributed by atoms with E-state index in [1.54, 1.807) is 6.20 Å². The molecule has 0 amide bonds. The minimum Gasteiger partial charge on any atom is -0.397 e. The van der Waals surface area contributed by atoms with Crippen LogP contribution >= 0.6 is 0 Å². The first kappa shape index (κ1) is 10.3. The minimum atomic E-state index is 0.698. The molecule has 2 nitrogen and oxygen atoms in total. The molecular formula is C15H16N2. The van der Waals surface area contributed by atoms with Crippen LogP contribution in [0.2, 0.25) is 0 Å². The molecule has 0 fully saturated rings. The maximum Gasteiger partial charge on any atom is 0.0501 e. The summed E-state index contributed by atoms with van der Waals surface area (Å²) < 4.78 is 0. The summed E-state index contributed by atoms with van der Waals surface area (Å²) in [5, 5.41) is 0. The lowest BCUT2D eigenvalue weighted by molar-refractivity contribution is 0.551. The summed E-state index contributed by atoms with van der Waals surface area (Å²) in [6.45, 7) is 0. The van der Waals surface area contributed by atoms with Gasteiger partial charge in [-0.2, -0.15) is 0 Å². The highest BCUT2D eigenvalue weighted by molar-refractivity contribution is 5.35. The van der Waals surface area contributed by atoms with Crippen LogP contribution in [0.25, 0.3) is 0 Å². The van der Waals surface area contributed by atoms with Gasteiger partial charge in [0.25, 0.3) is 0 Å². The van der Waals surface area contributed by atoms with Crippen molar-refractivity contribution in [2.75, 3.05) is 5.73 Å². The molecule has 0 atom stereocenters. The van der Waals surface area contributed by atoms with Crippen molar-refractivity contribution < 1.29 is 0 Å². The van der Waals surface area contributed by atoms with Crippen LogP contribution < -0.4 is 5.73 Å². The molecule has 1 aromatic heterocycles. The number of nitrogens with two attached hydrogens (primary N) is 1. The lowest BCUT2D eigenvalue weighted by Crippen LogP contribution is -2.05.